The van der Waals surface area contributed by atoms with E-state index in [2.05, 4.69) is 63.9 Å². The molecule has 3 aromatic rings. The van der Waals surface area contributed by atoms with Crippen LogP contribution in [0.25, 0.3) is 0 Å². The zero-order valence-electron chi connectivity index (χ0n) is 23.7. The fourth-order valence-electron chi connectivity index (χ4n) is 5.82. The Labute approximate surface area is 237 Å². The first kappa shape index (κ1) is 27.7. The Bertz CT molecular complexity index is 1230. The van der Waals surface area contributed by atoms with E-state index in [-0.39, 0.29) is 18.0 Å². The molecule has 0 bridgehead atoms. The first-order chi connectivity index (χ1) is 19.5. The fraction of sp³-hybridized carbons (Fsp3) is 0.375. The Kier molecular flexibility index (Phi) is 8.38. The van der Waals surface area contributed by atoms with E-state index in [0.717, 1.165) is 55.1 Å². The molecule has 2 aliphatic heterocycles. The van der Waals surface area contributed by atoms with E-state index < -0.39 is 5.54 Å². The highest BCUT2D eigenvalue weighted by Gasteiger charge is 2.48. The van der Waals surface area contributed by atoms with E-state index in [0.29, 0.717) is 13.2 Å². The summed E-state index contributed by atoms with van der Waals surface area (Å²) in [5.41, 5.74) is 6.19. The number of piperazine rings is 1. The van der Waals surface area contributed by atoms with Gasteiger partial charge in [-0.1, -0.05) is 67.6 Å². The van der Waals surface area contributed by atoms with Crippen LogP contribution in [-0.2, 0) is 10.3 Å². The SMILES string of the molecule is CCCNC(=O)C(c1ccccc1)(c1ccccc1)N1CCN(c2ccc(N3CNN(C(C)C)C3=O)cc2)CC1. The number of hydrogen-bond donors (Lipinski definition) is 2. The predicted molar refractivity (Wildman–Crippen MR) is 160 cm³/mol. The molecule has 3 aromatic carbocycles. The smallest absolute Gasteiger partial charge is 0.340 e. The van der Waals surface area contributed by atoms with Gasteiger partial charge in [0.05, 0.1) is 6.67 Å². The number of carbonyl (C=O) groups is 2. The van der Waals surface area contributed by atoms with Crippen molar-refractivity contribution in [1.82, 2.24) is 20.7 Å². The third-order valence-corrected chi connectivity index (χ3v) is 7.88. The van der Waals surface area contributed by atoms with Crippen LogP contribution in [0.4, 0.5) is 16.2 Å². The van der Waals surface area contributed by atoms with E-state index in [9.17, 15) is 9.59 Å². The highest BCUT2D eigenvalue weighted by Crippen LogP contribution is 2.38. The van der Waals surface area contributed by atoms with Gasteiger partial charge in [-0.25, -0.2) is 10.2 Å². The summed E-state index contributed by atoms with van der Waals surface area (Å²) < 4.78 is 0. The molecule has 0 spiro atoms. The number of hydrogen-bond acceptors (Lipinski definition) is 5. The molecule has 0 aromatic heterocycles. The minimum absolute atomic E-state index is 0.0175. The fourth-order valence-corrected chi connectivity index (χ4v) is 5.82. The summed E-state index contributed by atoms with van der Waals surface area (Å²) >= 11 is 0. The predicted octanol–water partition coefficient (Wildman–Crippen LogP) is 4.39. The van der Waals surface area contributed by atoms with Crippen LogP contribution >= 0.6 is 0 Å². The lowest BCUT2D eigenvalue weighted by Crippen LogP contribution is -2.62. The van der Waals surface area contributed by atoms with Gasteiger partial charge in [-0.05, 0) is 55.7 Å². The van der Waals surface area contributed by atoms with Crippen molar-refractivity contribution in [1.29, 1.82) is 0 Å². The molecule has 0 unspecified atom stereocenters. The van der Waals surface area contributed by atoms with Crippen LogP contribution in [-0.4, -0.2) is 67.3 Å². The summed E-state index contributed by atoms with van der Waals surface area (Å²) in [6, 6.07) is 28.6. The Hall–Kier alpha value is -3.88. The van der Waals surface area contributed by atoms with Crippen molar-refractivity contribution in [3.8, 4) is 0 Å². The normalized spacial score (nSPS) is 16.6. The van der Waals surface area contributed by atoms with Gasteiger partial charge in [-0.15, -0.1) is 0 Å². The van der Waals surface area contributed by atoms with Crippen LogP contribution in [0.3, 0.4) is 0 Å². The monoisotopic (exact) mass is 540 g/mol. The second kappa shape index (κ2) is 12.1. The average Bonchev–Trinajstić information content (AvgIpc) is 3.39. The van der Waals surface area contributed by atoms with E-state index in [1.165, 1.54) is 0 Å². The molecule has 3 amide bonds. The number of carbonyl (C=O) groups excluding carboxylic acids is 2. The molecule has 2 fully saturated rings. The molecule has 8 nitrogen and oxygen atoms in total. The summed E-state index contributed by atoms with van der Waals surface area (Å²) in [5, 5.41) is 4.88. The van der Waals surface area contributed by atoms with Gasteiger partial charge in [0.1, 0.15) is 0 Å². The second-order valence-electron chi connectivity index (χ2n) is 10.7. The first-order valence-corrected chi connectivity index (χ1v) is 14.3. The lowest BCUT2D eigenvalue weighted by Gasteiger charge is -2.47. The number of anilines is 2. The molecular formula is C32H40N6O2. The molecule has 5 rings (SSSR count). The quantitative estimate of drug-likeness (QED) is 0.421. The van der Waals surface area contributed by atoms with Gasteiger partial charge in [0, 0.05) is 50.1 Å². The van der Waals surface area contributed by atoms with Gasteiger partial charge < -0.3 is 10.2 Å². The van der Waals surface area contributed by atoms with Crippen molar-refractivity contribution >= 4 is 23.3 Å². The van der Waals surface area contributed by atoms with Crippen molar-refractivity contribution in [3.63, 3.8) is 0 Å². The van der Waals surface area contributed by atoms with Crippen molar-refractivity contribution in [2.24, 2.45) is 0 Å². The lowest BCUT2D eigenvalue weighted by atomic mass is 9.79. The number of urea groups is 1. The highest BCUT2D eigenvalue weighted by atomic mass is 16.2. The van der Waals surface area contributed by atoms with Crippen LogP contribution in [0.1, 0.15) is 38.3 Å². The molecule has 2 saturated heterocycles. The van der Waals surface area contributed by atoms with Gasteiger partial charge >= 0.3 is 6.03 Å². The third-order valence-electron chi connectivity index (χ3n) is 7.88. The summed E-state index contributed by atoms with van der Waals surface area (Å²) in [6.07, 6.45) is 0.879. The van der Waals surface area contributed by atoms with Crippen molar-refractivity contribution in [2.45, 2.75) is 38.8 Å². The first-order valence-electron chi connectivity index (χ1n) is 14.3. The van der Waals surface area contributed by atoms with Crippen LogP contribution in [0, 0.1) is 0 Å². The Morgan fingerprint density at radius 2 is 1.40 bits per heavy atom. The zero-order valence-corrected chi connectivity index (χ0v) is 23.7. The van der Waals surface area contributed by atoms with Crippen LogP contribution in [0.2, 0.25) is 0 Å². The molecular weight excluding hydrogens is 500 g/mol. The highest BCUT2D eigenvalue weighted by molar-refractivity contribution is 5.94. The summed E-state index contributed by atoms with van der Waals surface area (Å²) in [4.78, 5) is 33.3. The van der Waals surface area contributed by atoms with Crippen molar-refractivity contribution in [2.75, 3.05) is 49.2 Å². The van der Waals surface area contributed by atoms with Crippen molar-refractivity contribution in [3.05, 3.63) is 96.1 Å². The lowest BCUT2D eigenvalue weighted by molar-refractivity contribution is -0.132. The third kappa shape index (κ3) is 5.17. The Morgan fingerprint density at radius 3 is 1.90 bits per heavy atom. The van der Waals surface area contributed by atoms with Crippen LogP contribution in [0.5, 0.6) is 0 Å². The number of hydrazine groups is 1. The Morgan fingerprint density at radius 1 is 0.850 bits per heavy atom. The molecule has 0 radical (unpaired) electrons. The maximum Gasteiger partial charge on any atom is 0.340 e. The zero-order chi connectivity index (χ0) is 28.1. The molecule has 8 heteroatoms. The molecule has 210 valence electrons. The van der Waals surface area contributed by atoms with E-state index >= 15 is 0 Å². The summed E-state index contributed by atoms with van der Waals surface area (Å²) in [6.45, 7) is 10.2. The van der Waals surface area contributed by atoms with Gasteiger partial charge in [0.15, 0.2) is 5.54 Å². The molecule has 0 saturated carbocycles. The van der Waals surface area contributed by atoms with Crippen molar-refractivity contribution < 1.29 is 9.59 Å². The number of nitrogens with zero attached hydrogens (tertiary/aromatic N) is 4. The molecule has 2 heterocycles. The topological polar surface area (TPSA) is 71.2 Å². The van der Waals surface area contributed by atoms with E-state index in [1.807, 2.05) is 62.4 Å². The minimum atomic E-state index is -0.918. The standard InChI is InChI=1S/C32H40N6O2/c1-4-19-33-30(39)32(26-11-7-5-8-12-26,27-13-9-6-10-14-27)36-22-20-35(21-23-36)28-15-17-29(18-16-28)37-24-34-38(25(2)3)31(37)40/h5-18,25,34H,4,19-24H2,1-3H3,(H,33,39). The largest absolute Gasteiger partial charge is 0.369 e. The van der Waals surface area contributed by atoms with Crippen LogP contribution in [0.15, 0.2) is 84.9 Å². The number of rotatable bonds is 9. The molecule has 0 aliphatic carbocycles. The maximum absolute atomic E-state index is 14.1. The number of amides is 3. The van der Waals surface area contributed by atoms with Crippen LogP contribution < -0.4 is 20.5 Å². The molecule has 2 N–H and O–H groups in total. The van der Waals surface area contributed by atoms with Gasteiger partial charge in [-0.2, -0.15) is 0 Å². The second-order valence-corrected chi connectivity index (χ2v) is 10.7. The summed E-state index contributed by atoms with van der Waals surface area (Å²) in [5.74, 6) is 0.0175. The van der Waals surface area contributed by atoms with E-state index in [1.54, 1.807) is 9.91 Å². The molecule has 40 heavy (non-hydrogen) atoms. The average molecular weight is 541 g/mol. The number of nitrogens with one attached hydrogen (secondary N) is 2. The summed E-state index contributed by atoms with van der Waals surface area (Å²) in [7, 11) is 0. The molecule has 0 atom stereocenters. The Balaban J connectivity index is 1.38. The molecule has 2 aliphatic rings. The van der Waals surface area contributed by atoms with Gasteiger partial charge in [0.2, 0.25) is 5.91 Å². The number of benzene rings is 3. The minimum Gasteiger partial charge on any atom is -0.369 e. The van der Waals surface area contributed by atoms with Gasteiger partial charge in [-0.3, -0.25) is 19.6 Å². The maximum atomic E-state index is 14.1. The van der Waals surface area contributed by atoms with Gasteiger partial charge in [0.25, 0.3) is 0 Å². The van der Waals surface area contributed by atoms with E-state index in [4.69, 9.17) is 0 Å².